The van der Waals surface area contributed by atoms with E-state index in [4.69, 9.17) is 5.41 Å². The van der Waals surface area contributed by atoms with E-state index in [2.05, 4.69) is 9.98 Å². The lowest BCUT2D eigenvalue weighted by Gasteiger charge is -1.81. The summed E-state index contributed by atoms with van der Waals surface area (Å²) in [6.07, 6.45) is 2.62. The predicted molar refractivity (Wildman–Crippen MR) is 36.1 cm³/mol. The van der Waals surface area contributed by atoms with Crippen LogP contribution in [0.3, 0.4) is 0 Å². The number of hydrogen-bond acceptors (Lipinski definition) is 1. The molecular formula is C5H9N3. The van der Waals surface area contributed by atoms with Crippen LogP contribution in [0.2, 0.25) is 0 Å². The van der Waals surface area contributed by atoms with E-state index in [1.165, 1.54) is 0 Å². The largest absolute Gasteiger partial charge is 0.289 e. The van der Waals surface area contributed by atoms with E-state index in [1.54, 1.807) is 13.1 Å². The molecule has 0 fully saturated rings. The molecule has 3 heteroatoms. The van der Waals surface area contributed by atoms with Gasteiger partial charge < -0.3 is 0 Å². The molecule has 3 nitrogen and oxygen atoms in total. The van der Waals surface area contributed by atoms with Crippen LogP contribution in [0.5, 0.6) is 0 Å². The van der Waals surface area contributed by atoms with Gasteiger partial charge in [0.2, 0.25) is 0 Å². The van der Waals surface area contributed by atoms with Crippen molar-refractivity contribution in [3.05, 3.63) is 0 Å². The van der Waals surface area contributed by atoms with Gasteiger partial charge in [-0.05, 0) is 13.8 Å². The highest BCUT2D eigenvalue weighted by Gasteiger charge is 1.74. The van der Waals surface area contributed by atoms with Crippen molar-refractivity contribution in [1.82, 2.24) is 0 Å². The molecular weight excluding hydrogens is 102 g/mol. The van der Waals surface area contributed by atoms with Gasteiger partial charge in [0.25, 0.3) is 0 Å². The first kappa shape index (κ1) is 7.01. The summed E-state index contributed by atoms with van der Waals surface area (Å²) in [4.78, 5) is 7.36. The maximum absolute atomic E-state index is 6.53. The first-order valence-electron chi connectivity index (χ1n) is 2.33. The summed E-state index contributed by atoms with van der Waals surface area (Å²) >= 11 is 0. The fourth-order valence-corrected chi connectivity index (χ4v) is 0.314. The van der Waals surface area contributed by atoms with Gasteiger partial charge in [0, 0.05) is 6.21 Å². The van der Waals surface area contributed by atoms with E-state index in [9.17, 15) is 0 Å². The van der Waals surface area contributed by atoms with Crippen molar-refractivity contribution in [2.75, 3.05) is 0 Å². The summed E-state index contributed by atoms with van der Waals surface area (Å²) < 4.78 is 0. The Kier molecular flexibility index (Phi) is 3.66. The predicted octanol–water partition coefficient (Wildman–Crippen LogP) is 1.10. The lowest BCUT2D eigenvalue weighted by molar-refractivity contribution is 1.47. The van der Waals surface area contributed by atoms with E-state index < -0.39 is 0 Å². The van der Waals surface area contributed by atoms with Crippen molar-refractivity contribution in [2.45, 2.75) is 13.8 Å². The smallest absolute Gasteiger partial charge is 0.126 e. The van der Waals surface area contributed by atoms with E-state index in [-0.39, 0.29) is 0 Å². The monoisotopic (exact) mass is 111 g/mol. The van der Waals surface area contributed by atoms with Crippen molar-refractivity contribution < 1.29 is 0 Å². The molecule has 0 rings (SSSR count). The number of hydrogen-bond donors (Lipinski definition) is 1. The molecule has 0 aromatic heterocycles. The zero-order valence-electron chi connectivity index (χ0n) is 5.05. The lowest BCUT2D eigenvalue weighted by atomic mass is 10.7. The number of nitrogens with zero attached hydrogens (tertiary/aromatic N) is 2. The first-order valence-corrected chi connectivity index (χ1v) is 2.33. The highest BCUT2D eigenvalue weighted by Crippen LogP contribution is 1.73. The van der Waals surface area contributed by atoms with Crippen molar-refractivity contribution in [3.63, 3.8) is 0 Å². The molecule has 0 aromatic rings. The summed E-state index contributed by atoms with van der Waals surface area (Å²) in [6, 6.07) is 0. The SMILES string of the molecule is C/C=N\C(C)=N/C=N. The van der Waals surface area contributed by atoms with Crippen LogP contribution in [-0.2, 0) is 0 Å². The van der Waals surface area contributed by atoms with Crippen molar-refractivity contribution >= 4 is 18.4 Å². The van der Waals surface area contributed by atoms with Gasteiger partial charge in [-0.1, -0.05) is 0 Å². The summed E-state index contributed by atoms with van der Waals surface area (Å²) in [5.41, 5.74) is 0. The zero-order chi connectivity index (χ0) is 6.41. The molecule has 0 aliphatic carbocycles. The second-order valence-corrected chi connectivity index (χ2v) is 1.19. The van der Waals surface area contributed by atoms with Crippen molar-refractivity contribution in [3.8, 4) is 0 Å². The third-order valence-corrected chi connectivity index (χ3v) is 0.567. The first-order chi connectivity index (χ1) is 3.81. The van der Waals surface area contributed by atoms with Crippen LogP contribution in [0, 0.1) is 5.41 Å². The van der Waals surface area contributed by atoms with Crippen LogP contribution in [0.15, 0.2) is 9.98 Å². The molecule has 8 heavy (non-hydrogen) atoms. The molecule has 1 N–H and O–H groups in total. The van der Waals surface area contributed by atoms with Gasteiger partial charge >= 0.3 is 0 Å². The van der Waals surface area contributed by atoms with Crippen LogP contribution < -0.4 is 0 Å². The molecule has 0 spiro atoms. The Labute approximate surface area is 48.7 Å². The number of rotatable bonds is 1. The maximum Gasteiger partial charge on any atom is 0.126 e. The summed E-state index contributed by atoms with van der Waals surface area (Å²) in [5.74, 6) is 0.613. The molecule has 44 valence electrons. The minimum atomic E-state index is 0.613. The third-order valence-electron chi connectivity index (χ3n) is 0.567. The van der Waals surface area contributed by atoms with Gasteiger partial charge in [0.05, 0.1) is 0 Å². The van der Waals surface area contributed by atoms with Crippen LogP contribution in [-0.4, -0.2) is 18.4 Å². The van der Waals surface area contributed by atoms with E-state index in [0.29, 0.717) is 5.84 Å². The van der Waals surface area contributed by atoms with Crippen LogP contribution >= 0.6 is 0 Å². The van der Waals surface area contributed by atoms with Crippen molar-refractivity contribution in [1.29, 1.82) is 5.41 Å². The van der Waals surface area contributed by atoms with Crippen LogP contribution in [0.1, 0.15) is 13.8 Å². The van der Waals surface area contributed by atoms with E-state index in [0.717, 1.165) is 6.34 Å². The van der Waals surface area contributed by atoms with Gasteiger partial charge in [0.15, 0.2) is 0 Å². The van der Waals surface area contributed by atoms with E-state index >= 15 is 0 Å². The Morgan fingerprint density at radius 3 is 2.62 bits per heavy atom. The maximum atomic E-state index is 6.53. The second-order valence-electron chi connectivity index (χ2n) is 1.19. The Morgan fingerprint density at radius 1 is 1.62 bits per heavy atom. The third kappa shape index (κ3) is 3.21. The summed E-state index contributed by atoms with van der Waals surface area (Å²) in [6.45, 7) is 3.55. The van der Waals surface area contributed by atoms with Gasteiger partial charge in [-0.25, -0.2) is 9.98 Å². The molecule has 0 saturated carbocycles. The Balaban J connectivity index is 3.79. The normalized spacial score (nSPS) is 12.5. The average molecular weight is 111 g/mol. The number of amidine groups is 1. The molecule has 0 atom stereocenters. The van der Waals surface area contributed by atoms with E-state index in [1.807, 2.05) is 6.92 Å². The number of nitrogens with one attached hydrogen (secondary N) is 1. The number of aliphatic imine (C=N–C) groups is 2. The zero-order valence-corrected chi connectivity index (χ0v) is 5.05. The highest BCUT2D eigenvalue weighted by molar-refractivity contribution is 5.91. The molecule has 0 heterocycles. The van der Waals surface area contributed by atoms with Crippen molar-refractivity contribution in [2.24, 2.45) is 9.98 Å². The summed E-state index contributed by atoms with van der Waals surface area (Å²) in [5, 5.41) is 6.53. The van der Waals surface area contributed by atoms with Gasteiger partial charge in [-0.3, -0.25) is 5.41 Å². The van der Waals surface area contributed by atoms with Gasteiger partial charge in [0.1, 0.15) is 12.2 Å². The fourth-order valence-electron chi connectivity index (χ4n) is 0.314. The van der Waals surface area contributed by atoms with Crippen LogP contribution in [0.25, 0.3) is 0 Å². The average Bonchev–Trinajstić information content (AvgIpc) is 1.68. The van der Waals surface area contributed by atoms with Gasteiger partial charge in [-0.15, -0.1) is 0 Å². The minimum Gasteiger partial charge on any atom is -0.289 e. The second kappa shape index (κ2) is 4.18. The highest BCUT2D eigenvalue weighted by atomic mass is 14.9. The molecule has 0 bridgehead atoms. The molecule has 0 aliphatic heterocycles. The summed E-state index contributed by atoms with van der Waals surface area (Å²) in [7, 11) is 0. The van der Waals surface area contributed by atoms with Gasteiger partial charge in [-0.2, -0.15) is 0 Å². The molecule has 0 aliphatic rings. The Bertz CT molecular complexity index is 124. The fraction of sp³-hybridized carbons (Fsp3) is 0.400. The molecule has 0 aromatic carbocycles. The standard InChI is InChI=1S/C5H9N3/c1-3-7-5(2)8-4-6/h3-4,6H,1-2H3/b6-4?,7-3-,8-5-. The molecule has 0 saturated heterocycles. The lowest BCUT2D eigenvalue weighted by Crippen LogP contribution is -1.83. The molecule has 0 radical (unpaired) electrons. The minimum absolute atomic E-state index is 0.613. The Morgan fingerprint density at radius 2 is 2.25 bits per heavy atom. The van der Waals surface area contributed by atoms with Crippen LogP contribution in [0.4, 0.5) is 0 Å². The quantitative estimate of drug-likeness (QED) is 0.389. The molecule has 0 amide bonds. The molecule has 0 unspecified atom stereocenters. The topological polar surface area (TPSA) is 48.6 Å². The Hall–Kier alpha value is -0.990.